The Morgan fingerprint density at radius 1 is 1.22 bits per heavy atom. The van der Waals surface area contributed by atoms with Gasteiger partial charge >= 0.3 is 0 Å². The second-order valence-electron chi connectivity index (χ2n) is 5.42. The smallest absolute Gasteiger partial charge is 0.237 e. The summed E-state index contributed by atoms with van der Waals surface area (Å²) in [6, 6.07) is 12.7. The minimum Gasteiger partial charge on any atom is -0.325 e. The Bertz CT molecular complexity index is 765. The van der Waals surface area contributed by atoms with Crippen LogP contribution in [0.15, 0.2) is 42.5 Å². The number of carbonyl (C=O) groups is 1. The molecule has 2 aromatic carbocycles. The molecule has 0 spiro atoms. The van der Waals surface area contributed by atoms with Gasteiger partial charge in [0, 0.05) is 26.5 Å². The van der Waals surface area contributed by atoms with Crippen LogP contribution in [-0.2, 0) is 22.0 Å². The summed E-state index contributed by atoms with van der Waals surface area (Å²) in [6.45, 7) is 0. The SMILES string of the molecule is O=C(C[S@@](=O)[C@H]1CCc2c(Cl)cc(Cl)cc21)Nc1ccccc1. The highest BCUT2D eigenvalue weighted by atomic mass is 35.5. The predicted octanol–water partition coefficient (Wildman–Crippen LogP) is 4.37. The third-order valence-corrected chi connectivity index (χ3v) is 6.07. The van der Waals surface area contributed by atoms with E-state index in [4.69, 9.17) is 23.2 Å². The molecule has 6 heteroatoms. The number of hydrogen-bond donors (Lipinski definition) is 1. The van der Waals surface area contributed by atoms with Crippen LogP contribution in [0.1, 0.15) is 22.8 Å². The van der Waals surface area contributed by atoms with Gasteiger partial charge in [-0.2, -0.15) is 0 Å². The van der Waals surface area contributed by atoms with E-state index in [2.05, 4.69) is 5.32 Å². The number of nitrogens with one attached hydrogen (secondary N) is 1. The third kappa shape index (κ3) is 3.77. The summed E-state index contributed by atoms with van der Waals surface area (Å²) in [5.74, 6) is -0.292. The number of hydrogen-bond acceptors (Lipinski definition) is 2. The van der Waals surface area contributed by atoms with Crippen molar-refractivity contribution in [3.63, 3.8) is 0 Å². The molecule has 0 fully saturated rings. The van der Waals surface area contributed by atoms with E-state index >= 15 is 0 Å². The first-order valence-electron chi connectivity index (χ1n) is 7.24. The average Bonchev–Trinajstić information content (AvgIpc) is 2.92. The van der Waals surface area contributed by atoms with Gasteiger partial charge in [-0.15, -0.1) is 0 Å². The Morgan fingerprint density at radius 3 is 2.70 bits per heavy atom. The van der Waals surface area contributed by atoms with Gasteiger partial charge in [-0.25, -0.2) is 0 Å². The summed E-state index contributed by atoms with van der Waals surface area (Å²) in [5, 5.41) is 3.71. The molecule has 120 valence electrons. The summed E-state index contributed by atoms with van der Waals surface area (Å²) in [6.07, 6.45) is 1.49. The Balaban J connectivity index is 1.70. The molecule has 2 aromatic rings. The molecule has 1 amide bonds. The highest BCUT2D eigenvalue weighted by molar-refractivity contribution is 7.86. The van der Waals surface area contributed by atoms with Gasteiger partial charge in [-0.05, 0) is 48.2 Å². The van der Waals surface area contributed by atoms with Crippen molar-refractivity contribution < 1.29 is 9.00 Å². The molecule has 0 bridgehead atoms. The van der Waals surface area contributed by atoms with Crippen LogP contribution in [0.2, 0.25) is 10.0 Å². The lowest BCUT2D eigenvalue weighted by Crippen LogP contribution is -2.22. The second kappa shape index (κ2) is 7.04. The van der Waals surface area contributed by atoms with Crippen LogP contribution in [0.3, 0.4) is 0 Å². The number of fused-ring (bicyclic) bond motifs is 1. The van der Waals surface area contributed by atoms with Gasteiger partial charge in [0.05, 0.1) is 5.25 Å². The second-order valence-corrected chi connectivity index (χ2v) is 7.88. The number of anilines is 1. The number of benzene rings is 2. The van der Waals surface area contributed by atoms with E-state index in [0.29, 0.717) is 15.7 Å². The molecule has 1 aliphatic rings. The third-order valence-electron chi connectivity index (χ3n) is 3.85. The minimum absolute atomic E-state index is 0.0386. The van der Waals surface area contributed by atoms with Crippen molar-refractivity contribution in [2.75, 3.05) is 11.1 Å². The predicted molar refractivity (Wildman–Crippen MR) is 95.6 cm³/mol. The quantitative estimate of drug-likeness (QED) is 0.871. The fraction of sp³-hybridized carbons (Fsp3) is 0.235. The number of rotatable bonds is 4. The summed E-state index contributed by atoms with van der Waals surface area (Å²) < 4.78 is 12.6. The summed E-state index contributed by atoms with van der Waals surface area (Å²) in [5.41, 5.74) is 2.61. The summed E-state index contributed by atoms with van der Waals surface area (Å²) in [7, 11) is -1.31. The van der Waals surface area contributed by atoms with E-state index < -0.39 is 10.8 Å². The summed E-state index contributed by atoms with van der Waals surface area (Å²) >= 11 is 12.2. The Kier molecular flexibility index (Phi) is 5.05. The van der Waals surface area contributed by atoms with Crippen LogP contribution < -0.4 is 5.32 Å². The maximum Gasteiger partial charge on any atom is 0.237 e. The van der Waals surface area contributed by atoms with Crippen molar-refractivity contribution >= 4 is 45.6 Å². The van der Waals surface area contributed by atoms with Crippen molar-refractivity contribution in [1.29, 1.82) is 0 Å². The van der Waals surface area contributed by atoms with Gasteiger partial charge in [0.15, 0.2) is 0 Å². The van der Waals surface area contributed by atoms with Gasteiger partial charge in [-0.3, -0.25) is 9.00 Å². The lowest BCUT2D eigenvalue weighted by molar-refractivity contribution is -0.113. The van der Waals surface area contributed by atoms with Gasteiger partial charge in [-0.1, -0.05) is 41.4 Å². The standard InChI is InChI=1S/C17H15Cl2NO2S/c18-11-8-14-13(15(19)9-11)6-7-16(14)23(22)10-17(21)20-12-4-2-1-3-5-12/h1-5,8-9,16H,6-7,10H2,(H,20,21)/t16-,23+/m0/s1. The lowest BCUT2D eigenvalue weighted by atomic mass is 10.1. The molecule has 0 saturated carbocycles. The molecule has 0 aliphatic heterocycles. The zero-order valence-corrected chi connectivity index (χ0v) is 14.5. The molecular weight excluding hydrogens is 353 g/mol. The first kappa shape index (κ1) is 16.5. The maximum atomic E-state index is 12.6. The van der Waals surface area contributed by atoms with Crippen LogP contribution in [0.5, 0.6) is 0 Å². The Hall–Kier alpha value is -1.36. The van der Waals surface area contributed by atoms with Crippen LogP contribution in [0.25, 0.3) is 0 Å². The Labute approximate surface area is 147 Å². The van der Waals surface area contributed by atoms with Crippen molar-refractivity contribution in [1.82, 2.24) is 0 Å². The van der Waals surface area contributed by atoms with Crippen molar-refractivity contribution in [3.05, 3.63) is 63.6 Å². The molecule has 2 atom stereocenters. The lowest BCUT2D eigenvalue weighted by Gasteiger charge is -2.12. The molecule has 3 nitrogen and oxygen atoms in total. The fourth-order valence-corrected chi connectivity index (χ4v) is 4.84. The zero-order chi connectivity index (χ0) is 16.4. The molecular formula is C17H15Cl2NO2S. The zero-order valence-electron chi connectivity index (χ0n) is 12.2. The van der Waals surface area contributed by atoms with Crippen molar-refractivity contribution in [3.8, 4) is 0 Å². The molecule has 0 saturated heterocycles. The van der Waals surface area contributed by atoms with E-state index in [9.17, 15) is 9.00 Å². The number of halogens is 2. The molecule has 0 aromatic heterocycles. The first-order valence-corrected chi connectivity index (χ1v) is 9.38. The molecule has 0 radical (unpaired) electrons. The van der Waals surface area contributed by atoms with Gasteiger partial charge in [0.1, 0.15) is 5.75 Å². The number of para-hydroxylation sites is 1. The van der Waals surface area contributed by atoms with Crippen LogP contribution in [-0.4, -0.2) is 15.9 Å². The van der Waals surface area contributed by atoms with E-state index in [-0.39, 0.29) is 16.9 Å². The number of carbonyl (C=O) groups excluding carboxylic acids is 1. The highest BCUT2D eigenvalue weighted by Gasteiger charge is 2.30. The molecule has 3 rings (SSSR count). The molecule has 0 heterocycles. The topological polar surface area (TPSA) is 46.2 Å². The van der Waals surface area contributed by atoms with Gasteiger partial charge in [0.25, 0.3) is 0 Å². The van der Waals surface area contributed by atoms with Crippen molar-refractivity contribution in [2.45, 2.75) is 18.1 Å². The largest absolute Gasteiger partial charge is 0.325 e. The first-order chi connectivity index (χ1) is 11.0. The van der Waals surface area contributed by atoms with Gasteiger partial charge in [0.2, 0.25) is 5.91 Å². The maximum absolute atomic E-state index is 12.6. The monoisotopic (exact) mass is 367 g/mol. The minimum atomic E-state index is -1.31. The van der Waals surface area contributed by atoms with E-state index in [1.165, 1.54) is 0 Å². The van der Waals surface area contributed by atoms with E-state index in [0.717, 1.165) is 24.0 Å². The molecule has 23 heavy (non-hydrogen) atoms. The normalized spacial score (nSPS) is 17.6. The van der Waals surface area contributed by atoms with Crippen LogP contribution in [0, 0.1) is 0 Å². The molecule has 1 aliphatic carbocycles. The Morgan fingerprint density at radius 2 is 1.96 bits per heavy atom. The average molecular weight is 368 g/mol. The van der Waals surface area contributed by atoms with Crippen LogP contribution in [0.4, 0.5) is 5.69 Å². The fourth-order valence-electron chi connectivity index (χ4n) is 2.83. The highest BCUT2D eigenvalue weighted by Crippen LogP contribution is 2.41. The van der Waals surface area contributed by atoms with E-state index in [1.807, 2.05) is 24.3 Å². The molecule has 0 unspecified atom stereocenters. The van der Waals surface area contributed by atoms with Gasteiger partial charge < -0.3 is 5.32 Å². The number of amides is 1. The summed E-state index contributed by atoms with van der Waals surface area (Å²) in [4.78, 5) is 12.1. The van der Waals surface area contributed by atoms with Crippen LogP contribution >= 0.6 is 23.2 Å². The molecule has 1 N–H and O–H groups in total. The van der Waals surface area contributed by atoms with E-state index in [1.54, 1.807) is 18.2 Å². The van der Waals surface area contributed by atoms with Crippen molar-refractivity contribution in [2.24, 2.45) is 0 Å².